The Labute approximate surface area is 122 Å². The van der Waals surface area contributed by atoms with Gasteiger partial charge < -0.3 is 14.0 Å². The van der Waals surface area contributed by atoms with Crippen molar-refractivity contribution in [1.29, 1.82) is 0 Å². The minimum absolute atomic E-state index is 0.397. The summed E-state index contributed by atoms with van der Waals surface area (Å²) < 4.78 is 12.8. The van der Waals surface area contributed by atoms with Crippen molar-refractivity contribution in [3.63, 3.8) is 0 Å². The smallest absolute Gasteiger partial charge is 0.163 e. The molecule has 0 unspecified atom stereocenters. The van der Waals surface area contributed by atoms with E-state index in [4.69, 9.17) is 21.1 Å². The van der Waals surface area contributed by atoms with Gasteiger partial charge >= 0.3 is 0 Å². The van der Waals surface area contributed by atoms with Crippen LogP contribution in [0.1, 0.15) is 5.82 Å². The molecule has 0 bridgehead atoms. The van der Waals surface area contributed by atoms with Crippen LogP contribution in [-0.2, 0) is 12.4 Å². The molecule has 0 radical (unpaired) electrons. The van der Waals surface area contributed by atoms with Gasteiger partial charge in [0.15, 0.2) is 11.5 Å². The molecule has 0 fully saturated rings. The quantitative estimate of drug-likeness (QED) is 0.768. The number of fused-ring (bicyclic) bond motifs is 1. The van der Waals surface area contributed by atoms with Gasteiger partial charge in [0, 0.05) is 24.4 Å². The Kier molecular flexibility index (Phi) is 4.82. The molecule has 0 saturated carbocycles. The van der Waals surface area contributed by atoms with Crippen LogP contribution < -0.4 is 9.47 Å². The summed E-state index contributed by atoms with van der Waals surface area (Å²) in [6.45, 7) is 0.884. The number of hydrogen-bond donors (Lipinski definition) is 0. The fourth-order valence-electron chi connectivity index (χ4n) is 2.04. The van der Waals surface area contributed by atoms with E-state index < -0.39 is 0 Å². The normalized spacial score (nSPS) is 10.9. The average Bonchev–Trinajstić information content (AvgIpc) is 2.80. The molecule has 1 aromatic heterocycles. The van der Waals surface area contributed by atoms with Gasteiger partial charge in [0.2, 0.25) is 0 Å². The third kappa shape index (κ3) is 2.77. The van der Waals surface area contributed by atoms with Crippen molar-refractivity contribution in [3.05, 3.63) is 18.0 Å². The number of aromatic nitrogens is 2. The lowest BCUT2D eigenvalue weighted by Gasteiger charge is -2.09. The molecule has 1 aromatic carbocycles. The molecule has 0 saturated heterocycles. The third-order valence-electron chi connectivity index (χ3n) is 2.97. The maximum Gasteiger partial charge on any atom is 0.163 e. The number of methoxy groups -OCH3 is 2. The molecule has 104 valence electrons. The second-order valence-electron chi connectivity index (χ2n) is 4.00. The molecule has 4 nitrogen and oxygen atoms in total. The van der Waals surface area contributed by atoms with Gasteiger partial charge in [-0.1, -0.05) is 0 Å². The van der Waals surface area contributed by atoms with Crippen LogP contribution in [0.4, 0.5) is 0 Å². The van der Waals surface area contributed by atoms with Crippen molar-refractivity contribution in [1.82, 2.24) is 9.55 Å². The van der Waals surface area contributed by atoms with Crippen molar-refractivity contribution < 1.29 is 9.47 Å². The van der Waals surface area contributed by atoms with E-state index in [1.807, 2.05) is 12.1 Å². The highest BCUT2D eigenvalue weighted by Gasteiger charge is 2.14. The Bertz CT molecular complexity index is 571. The highest BCUT2D eigenvalue weighted by atomic mass is 35.5. The fourth-order valence-corrected chi connectivity index (χ4v) is 2.60. The first-order chi connectivity index (χ1) is 9.24. The number of imidazole rings is 1. The van der Waals surface area contributed by atoms with E-state index in [1.54, 1.807) is 26.0 Å². The van der Waals surface area contributed by atoms with Gasteiger partial charge in [-0.3, -0.25) is 0 Å². The van der Waals surface area contributed by atoms with Gasteiger partial charge in [-0.15, -0.1) is 11.6 Å². The monoisotopic (exact) mass is 300 g/mol. The van der Waals surface area contributed by atoms with Gasteiger partial charge in [0.1, 0.15) is 5.82 Å². The average molecular weight is 301 g/mol. The summed E-state index contributed by atoms with van der Waals surface area (Å²) >= 11 is 7.77. The second kappa shape index (κ2) is 6.39. The summed E-state index contributed by atoms with van der Waals surface area (Å²) in [6.07, 6.45) is 2.09. The van der Waals surface area contributed by atoms with Crippen molar-refractivity contribution in [2.24, 2.45) is 0 Å². The van der Waals surface area contributed by atoms with E-state index in [0.717, 1.165) is 29.2 Å². The standard InChI is InChI=1S/C13H17ClN2O2S/c1-17-11-6-9-10(7-12(11)18-2)16(4-5-19-3)13(8-14)15-9/h6-7H,4-5,8H2,1-3H3. The van der Waals surface area contributed by atoms with Crippen molar-refractivity contribution in [3.8, 4) is 11.5 Å². The molecule has 0 spiro atoms. The lowest BCUT2D eigenvalue weighted by molar-refractivity contribution is 0.355. The highest BCUT2D eigenvalue weighted by molar-refractivity contribution is 7.98. The van der Waals surface area contributed by atoms with Crippen LogP contribution in [0.5, 0.6) is 11.5 Å². The Morgan fingerprint density at radius 2 is 1.95 bits per heavy atom. The first kappa shape index (κ1) is 14.3. The summed E-state index contributed by atoms with van der Waals surface area (Å²) in [5, 5.41) is 0. The topological polar surface area (TPSA) is 36.3 Å². The molecular formula is C13H17ClN2O2S. The number of thioether (sulfide) groups is 1. The van der Waals surface area contributed by atoms with Crippen LogP contribution in [0, 0.1) is 0 Å². The first-order valence-electron chi connectivity index (χ1n) is 5.91. The van der Waals surface area contributed by atoms with Crippen LogP contribution in [0.3, 0.4) is 0 Å². The summed E-state index contributed by atoms with van der Waals surface area (Å²) in [4.78, 5) is 4.55. The number of hydrogen-bond acceptors (Lipinski definition) is 4. The van der Waals surface area contributed by atoms with Crippen LogP contribution in [0.25, 0.3) is 11.0 Å². The molecule has 0 atom stereocenters. The van der Waals surface area contributed by atoms with Crippen LogP contribution in [-0.4, -0.2) is 35.8 Å². The Morgan fingerprint density at radius 1 is 1.26 bits per heavy atom. The zero-order valence-electron chi connectivity index (χ0n) is 11.3. The molecule has 0 aliphatic heterocycles. The molecule has 0 aliphatic carbocycles. The zero-order chi connectivity index (χ0) is 13.8. The zero-order valence-corrected chi connectivity index (χ0v) is 12.8. The van der Waals surface area contributed by atoms with Gasteiger partial charge in [-0.05, 0) is 6.26 Å². The number of aryl methyl sites for hydroxylation is 1. The van der Waals surface area contributed by atoms with Crippen LogP contribution in [0.2, 0.25) is 0 Å². The fraction of sp³-hybridized carbons (Fsp3) is 0.462. The molecule has 0 amide bonds. The maximum absolute atomic E-state index is 5.98. The Morgan fingerprint density at radius 3 is 2.53 bits per heavy atom. The maximum atomic E-state index is 5.98. The van der Waals surface area contributed by atoms with E-state index in [9.17, 15) is 0 Å². The van der Waals surface area contributed by atoms with Crippen LogP contribution in [0.15, 0.2) is 12.1 Å². The minimum Gasteiger partial charge on any atom is -0.493 e. The predicted molar refractivity (Wildman–Crippen MR) is 80.8 cm³/mol. The number of nitrogens with zero attached hydrogens (tertiary/aromatic N) is 2. The summed E-state index contributed by atoms with van der Waals surface area (Å²) in [5.41, 5.74) is 1.91. The van der Waals surface area contributed by atoms with E-state index in [-0.39, 0.29) is 0 Å². The summed E-state index contributed by atoms with van der Waals surface area (Å²) in [6, 6.07) is 3.84. The van der Waals surface area contributed by atoms with Gasteiger partial charge in [0.25, 0.3) is 0 Å². The Balaban J connectivity index is 2.57. The molecular weight excluding hydrogens is 284 g/mol. The van der Waals surface area contributed by atoms with E-state index in [0.29, 0.717) is 17.4 Å². The number of halogens is 1. The number of rotatable bonds is 6. The van der Waals surface area contributed by atoms with E-state index in [1.165, 1.54) is 0 Å². The van der Waals surface area contributed by atoms with Gasteiger partial charge in [0.05, 0.1) is 31.1 Å². The number of ether oxygens (including phenoxy) is 2. The molecule has 0 N–H and O–H groups in total. The number of alkyl halides is 1. The lowest BCUT2D eigenvalue weighted by atomic mass is 10.2. The van der Waals surface area contributed by atoms with Gasteiger partial charge in [-0.25, -0.2) is 4.98 Å². The van der Waals surface area contributed by atoms with Gasteiger partial charge in [-0.2, -0.15) is 11.8 Å². The first-order valence-corrected chi connectivity index (χ1v) is 7.84. The van der Waals surface area contributed by atoms with E-state index >= 15 is 0 Å². The second-order valence-corrected chi connectivity index (χ2v) is 5.25. The highest BCUT2D eigenvalue weighted by Crippen LogP contribution is 2.32. The minimum atomic E-state index is 0.397. The molecule has 0 aliphatic rings. The molecule has 6 heteroatoms. The van der Waals surface area contributed by atoms with Crippen molar-refractivity contribution in [2.75, 3.05) is 26.2 Å². The predicted octanol–water partition coefficient (Wildman–Crippen LogP) is 3.16. The summed E-state index contributed by atoms with van der Waals surface area (Å²) in [7, 11) is 3.26. The third-order valence-corrected chi connectivity index (χ3v) is 3.80. The Hall–Kier alpha value is -1.07. The molecule has 1 heterocycles. The SMILES string of the molecule is COc1cc2nc(CCl)n(CCSC)c2cc1OC. The molecule has 2 aromatic rings. The van der Waals surface area contributed by atoms with E-state index in [2.05, 4.69) is 15.8 Å². The van der Waals surface area contributed by atoms with Crippen molar-refractivity contribution in [2.45, 2.75) is 12.4 Å². The molecule has 2 rings (SSSR count). The van der Waals surface area contributed by atoms with Crippen molar-refractivity contribution >= 4 is 34.4 Å². The summed E-state index contributed by atoms with van der Waals surface area (Å²) in [5.74, 6) is 3.69. The lowest BCUT2D eigenvalue weighted by Crippen LogP contribution is -2.04. The molecule has 19 heavy (non-hydrogen) atoms. The number of benzene rings is 1. The largest absolute Gasteiger partial charge is 0.493 e. The van der Waals surface area contributed by atoms with Crippen LogP contribution >= 0.6 is 23.4 Å².